The molecule has 0 fully saturated rings. The van der Waals surface area contributed by atoms with E-state index in [0.717, 1.165) is 16.7 Å². The Balaban J connectivity index is 2.16. The molecule has 2 aromatic rings. The Labute approximate surface area is 120 Å². The fourth-order valence-electron chi connectivity index (χ4n) is 1.97. The van der Waals surface area contributed by atoms with Crippen LogP contribution in [0.3, 0.4) is 0 Å². The molecule has 0 saturated carbocycles. The van der Waals surface area contributed by atoms with Crippen molar-refractivity contribution in [3.05, 3.63) is 57.3 Å². The standard InChI is InChI=1S/C15H15BrFNO/c1-9-5-10(2)15(14(18)6-9)19-8-11-3-4-13(17)12(16)7-11/h3-7H,8,18H2,1-2H3. The minimum atomic E-state index is -0.283. The Morgan fingerprint density at radius 1 is 1.21 bits per heavy atom. The van der Waals surface area contributed by atoms with Crippen molar-refractivity contribution in [1.82, 2.24) is 0 Å². The molecule has 0 aliphatic carbocycles. The highest BCUT2D eigenvalue weighted by Gasteiger charge is 2.07. The van der Waals surface area contributed by atoms with Crippen molar-refractivity contribution >= 4 is 21.6 Å². The molecule has 0 heterocycles. The summed E-state index contributed by atoms with van der Waals surface area (Å²) in [6.45, 7) is 4.30. The number of aryl methyl sites for hydroxylation is 2. The molecule has 2 aromatic carbocycles. The zero-order valence-electron chi connectivity index (χ0n) is 10.8. The van der Waals surface area contributed by atoms with Crippen LogP contribution in [0.2, 0.25) is 0 Å². The SMILES string of the molecule is Cc1cc(C)c(OCc2ccc(F)c(Br)c2)c(N)c1. The number of nitrogens with two attached hydrogens (primary N) is 1. The van der Waals surface area contributed by atoms with E-state index in [4.69, 9.17) is 10.5 Å². The summed E-state index contributed by atoms with van der Waals surface area (Å²) in [4.78, 5) is 0. The summed E-state index contributed by atoms with van der Waals surface area (Å²) in [7, 11) is 0. The molecule has 0 saturated heterocycles. The molecule has 0 bridgehead atoms. The van der Waals surface area contributed by atoms with Gasteiger partial charge in [0.05, 0.1) is 10.2 Å². The summed E-state index contributed by atoms with van der Waals surface area (Å²) in [5, 5.41) is 0. The topological polar surface area (TPSA) is 35.2 Å². The summed E-state index contributed by atoms with van der Waals surface area (Å²) >= 11 is 3.16. The number of anilines is 1. The molecule has 0 amide bonds. The monoisotopic (exact) mass is 323 g/mol. The Hall–Kier alpha value is -1.55. The molecule has 0 spiro atoms. The van der Waals surface area contributed by atoms with E-state index in [2.05, 4.69) is 15.9 Å². The normalized spacial score (nSPS) is 10.5. The van der Waals surface area contributed by atoms with Crippen LogP contribution >= 0.6 is 15.9 Å². The van der Waals surface area contributed by atoms with Gasteiger partial charge in [-0.15, -0.1) is 0 Å². The van der Waals surface area contributed by atoms with E-state index in [9.17, 15) is 4.39 Å². The first kappa shape index (κ1) is 13.9. The predicted molar refractivity (Wildman–Crippen MR) is 78.8 cm³/mol. The molecule has 0 unspecified atom stereocenters. The lowest BCUT2D eigenvalue weighted by atomic mass is 10.1. The zero-order chi connectivity index (χ0) is 14.0. The quantitative estimate of drug-likeness (QED) is 0.851. The third-order valence-electron chi connectivity index (χ3n) is 2.81. The van der Waals surface area contributed by atoms with Crippen molar-refractivity contribution in [2.24, 2.45) is 0 Å². The second-order valence-corrected chi connectivity index (χ2v) is 5.39. The highest BCUT2D eigenvalue weighted by atomic mass is 79.9. The van der Waals surface area contributed by atoms with Crippen molar-refractivity contribution < 1.29 is 9.13 Å². The van der Waals surface area contributed by atoms with Crippen LogP contribution < -0.4 is 10.5 Å². The van der Waals surface area contributed by atoms with Gasteiger partial charge in [0, 0.05) is 0 Å². The molecule has 2 N–H and O–H groups in total. The van der Waals surface area contributed by atoms with E-state index in [1.54, 1.807) is 12.1 Å². The van der Waals surface area contributed by atoms with Gasteiger partial charge in [0.15, 0.2) is 0 Å². The number of hydrogen-bond donors (Lipinski definition) is 1. The molecule has 19 heavy (non-hydrogen) atoms. The van der Waals surface area contributed by atoms with Gasteiger partial charge in [-0.1, -0.05) is 12.1 Å². The highest BCUT2D eigenvalue weighted by Crippen LogP contribution is 2.28. The molecule has 0 aromatic heterocycles. The highest BCUT2D eigenvalue weighted by molar-refractivity contribution is 9.10. The molecule has 0 radical (unpaired) electrons. The van der Waals surface area contributed by atoms with E-state index in [1.807, 2.05) is 26.0 Å². The van der Waals surface area contributed by atoms with Crippen LogP contribution in [0.4, 0.5) is 10.1 Å². The summed E-state index contributed by atoms with van der Waals surface area (Å²) in [6, 6.07) is 8.71. The lowest BCUT2D eigenvalue weighted by Gasteiger charge is -2.13. The van der Waals surface area contributed by atoms with Gasteiger partial charge in [0.1, 0.15) is 18.2 Å². The Kier molecular flexibility index (Phi) is 4.10. The number of rotatable bonds is 3. The van der Waals surface area contributed by atoms with Crippen molar-refractivity contribution in [2.75, 3.05) is 5.73 Å². The van der Waals surface area contributed by atoms with Crippen molar-refractivity contribution in [3.8, 4) is 5.75 Å². The molecule has 0 aliphatic rings. The van der Waals surface area contributed by atoms with Gasteiger partial charge in [-0.2, -0.15) is 0 Å². The second-order valence-electron chi connectivity index (χ2n) is 4.54. The first-order chi connectivity index (χ1) is 8.97. The second kappa shape index (κ2) is 5.61. The fraction of sp³-hybridized carbons (Fsp3) is 0.200. The Morgan fingerprint density at radius 3 is 2.58 bits per heavy atom. The minimum Gasteiger partial charge on any atom is -0.486 e. The van der Waals surface area contributed by atoms with E-state index in [0.29, 0.717) is 22.5 Å². The van der Waals surface area contributed by atoms with Gasteiger partial charge in [0.25, 0.3) is 0 Å². The minimum absolute atomic E-state index is 0.283. The number of nitrogen functional groups attached to an aromatic ring is 1. The smallest absolute Gasteiger partial charge is 0.145 e. The van der Waals surface area contributed by atoms with Crippen LogP contribution in [-0.2, 0) is 6.61 Å². The maximum atomic E-state index is 13.1. The van der Waals surface area contributed by atoms with Crippen LogP contribution in [0, 0.1) is 19.7 Å². The van der Waals surface area contributed by atoms with Gasteiger partial charge in [-0.3, -0.25) is 0 Å². The first-order valence-corrected chi connectivity index (χ1v) is 6.70. The summed E-state index contributed by atoms with van der Waals surface area (Å²) in [5.41, 5.74) is 9.55. The third-order valence-corrected chi connectivity index (χ3v) is 3.42. The first-order valence-electron chi connectivity index (χ1n) is 5.91. The van der Waals surface area contributed by atoms with Crippen molar-refractivity contribution in [1.29, 1.82) is 0 Å². The summed E-state index contributed by atoms with van der Waals surface area (Å²) in [5.74, 6) is 0.404. The van der Waals surface area contributed by atoms with Crippen molar-refractivity contribution in [3.63, 3.8) is 0 Å². The van der Waals surface area contributed by atoms with Crippen molar-refractivity contribution in [2.45, 2.75) is 20.5 Å². The Morgan fingerprint density at radius 2 is 1.95 bits per heavy atom. The Bertz CT molecular complexity index is 590. The van der Waals surface area contributed by atoms with Crippen LogP contribution in [0.25, 0.3) is 0 Å². The van der Waals surface area contributed by atoms with Gasteiger partial charge in [-0.25, -0.2) is 4.39 Å². The van der Waals surface area contributed by atoms with Crippen LogP contribution in [-0.4, -0.2) is 0 Å². The molecular weight excluding hydrogens is 309 g/mol. The maximum absolute atomic E-state index is 13.1. The molecule has 2 rings (SSSR count). The molecular formula is C15H15BrFNO. The number of hydrogen-bond acceptors (Lipinski definition) is 2. The average molecular weight is 324 g/mol. The van der Waals surface area contributed by atoms with Crippen LogP contribution in [0.5, 0.6) is 5.75 Å². The predicted octanol–water partition coefficient (Wildman–Crippen LogP) is 4.37. The van der Waals surface area contributed by atoms with E-state index in [1.165, 1.54) is 6.07 Å². The molecule has 100 valence electrons. The number of ether oxygens (including phenoxy) is 1. The van der Waals surface area contributed by atoms with Crippen LogP contribution in [0.15, 0.2) is 34.8 Å². The number of halogens is 2. The fourth-order valence-corrected chi connectivity index (χ4v) is 2.40. The molecule has 2 nitrogen and oxygen atoms in total. The lowest BCUT2D eigenvalue weighted by Crippen LogP contribution is -2.01. The van der Waals surface area contributed by atoms with Crippen LogP contribution in [0.1, 0.15) is 16.7 Å². The lowest BCUT2D eigenvalue weighted by molar-refractivity contribution is 0.305. The summed E-state index contributed by atoms with van der Waals surface area (Å²) in [6.07, 6.45) is 0. The van der Waals surface area contributed by atoms with Gasteiger partial charge >= 0.3 is 0 Å². The van der Waals surface area contributed by atoms with E-state index in [-0.39, 0.29) is 5.82 Å². The molecule has 0 atom stereocenters. The molecule has 0 aliphatic heterocycles. The maximum Gasteiger partial charge on any atom is 0.145 e. The molecule has 4 heteroatoms. The third kappa shape index (κ3) is 3.26. The van der Waals surface area contributed by atoms with E-state index < -0.39 is 0 Å². The number of benzene rings is 2. The van der Waals surface area contributed by atoms with Gasteiger partial charge in [0.2, 0.25) is 0 Å². The average Bonchev–Trinajstić information content (AvgIpc) is 2.32. The van der Waals surface area contributed by atoms with Gasteiger partial charge in [-0.05, 0) is 64.7 Å². The van der Waals surface area contributed by atoms with E-state index >= 15 is 0 Å². The zero-order valence-corrected chi connectivity index (χ0v) is 12.4. The summed E-state index contributed by atoms with van der Waals surface area (Å²) < 4.78 is 19.3. The largest absolute Gasteiger partial charge is 0.486 e. The van der Waals surface area contributed by atoms with Gasteiger partial charge < -0.3 is 10.5 Å².